The van der Waals surface area contributed by atoms with Crippen molar-refractivity contribution in [1.82, 2.24) is 9.13 Å². The smallest absolute Gasteiger partial charge is 0.103 e. The van der Waals surface area contributed by atoms with Gasteiger partial charge in [-0.05, 0) is 59.7 Å². The number of fused-ring (bicyclic) bond motifs is 6. The number of aromatic nitrogens is 2. The highest BCUT2D eigenvalue weighted by Crippen LogP contribution is 2.42. The third kappa shape index (κ3) is 4.17. The lowest BCUT2D eigenvalue weighted by Gasteiger charge is -2.18. The molecule has 50 heavy (non-hydrogen) atoms. The maximum Gasteiger partial charge on any atom is 0.103 e. The van der Waals surface area contributed by atoms with Gasteiger partial charge in [-0.2, -0.15) is 15.8 Å². The van der Waals surface area contributed by atoms with Gasteiger partial charge in [-0.15, -0.1) is 0 Å². The lowest BCUT2D eigenvalue weighted by atomic mass is 9.89. The molecular weight excluding hydrogens is 611 g/mol. The zero-order valence-electron chi connectivity index (χ0n) is 26.7. The molecule has 0 N–H and O–H groups in total. The summed E-state index contributed by atoms with van der Waals surface area (Å²) < 4.78 is 4.34. The molecule has 9 rings (SSSR count). The summed E-state index contributed by atoms with van der Waals surface area (Å²) in [6, 6.07) is 57.8. The average Bonchev–Trinajstić information content (AvgIpc) is 3.69. The lowest BCUT2D eigenvalue weighted by molar-refractivity contribution is 1.16. The van der Waals surface area contributed by atoms with Gasteiger partial charge in [0.1, 0.15) is 12.1 Å². The van der Waals surface area contributed by atoms with E-state index in [4.69, 9.17) is 0 Å². The van der Waals surface area contributed by atoms with E-state index in [0.717, 1.165) is 66.0 Å². The number of benzene rings is 7. The third-order valence-corrected chi connectivity index (χ3v) is 9.68. The highest BCUT2D eigenvalue weighted by atomic mass is 15.0. The molecule has 5 heteroatoms. The van der Waals surface area contributed by atoms with E-state index in [9.17, 15) is 15.8 Å². The standard InChI is InChI=1S/C45H25N5/c46-26-29-21-23-44-37(25-29)36-16-6-10-20-43(36)49(44)40-17-7-3-13-33(40)31-12-2-1-11-30(31)32-22-24-45(39(28-48)38(32)27-47)50-41-18-8-4-14-34(41)35-15-5-9-19-42(35)50/h1-25H. The van der Waals surface area contributed by atoms with Gasteiger partial charge < -0.3 is 9.13 Å². The highest BCUT2D eigenvalue weighted by Gasteiger charge is 2.23. The molecule has 0 atom stereocenters. The van der Waals surface area contributed by atoms with Crippen LogP contribution in [0, 0.1) is 34.0 Å². The average molecular weight is 636 g/mol. The second kappa shape index (κ2) is 11.4. The van der Waals surface area contributed by atoms with Crippen LogP contribution in [-0.2, 0) is 0 Å². The van der Waals surface area contributed by atoms with Crippen molar-refractivity contribution in [2.45, 2.75) is 0 Å². The first-order valence-corrected chi connectivity index (χ1v) is 16.3. The van der Waals surface area contributed by atoms with Gasteiger partial charge >= 0.3 is 0 Å². The van der Waals surface area contributed by atoms with Crippen LogP contribution in [-0.4, -0.2) is 9.13 Å². The summed E-state index contributed by atoms with van der Waals surface area (Å²) in [6.45, 7) is 0. The summed E-state index contributed by atoms with van der Waals surface area (Å²) in [7, 11) is 0. The quantitative estimate of drug-likeness (QED) is 0.193. The number of hydrogen-bond acceptors (Lipinski definition) is 3. The summed E-state index contributed by atoms with van der Waals surface area (Å²) in [5, 5.41) is 35.4. The summed E-state index contributed by atoms with van der Waals surface area (Å²) in [4.78, 5) is 0. The van der Waals surface area contributed by atoms with Crippen LogP contribution < -0.4 is 0 Å². The van der Waals surface area contributed by atoms with Crippen LogP contribution in [0.1, 0.15) is 16.7 Å². The molecule has 0 fully saturated rings. The van der Waals surface area contributed by atoms with E-state index in [0.29, 0.717) is 27.9 Å². The van der Waals surface area contributed by atoms with Crippen molar-refractivity contribution in [3.63, 3.8) is 0 Å². The monoisotopic (exact) mass is 635 g/mol. The van der Waals surface area contributed by atoms with E-state index in [1.54, 1.807) is 0 Å². The maximum atomic E-state index is 10.7. The van der Waals surface area contributed by atoms with E-state index >= 15 is 0 Å². The van der Waals surface area contributed by atoms with E-state index in [1.807, 2.05) is 97.1 Å². The largest absolute Gasteiger partial charge is 0.309 e. The molecule has 5 nitrogen and oxygen atoms in total. The molecule has 0 spiro atoms. The Bertz CT molecular complexity index is 2920. The minimum Gasteiger partial charge on any atom is -0.309 e. The first-order chi connectivity index (χ1) is 24.7. The van der Waals surface area contributed by atoms with Crippen LogP contribution in [0.25, 0.3) is 77.2 Å². The molecule has 0 aliphatic rings. The van der Waals surface area contributed by atoms with Crippen molar-refractivity contribution in [1.29, 1.82) is 15.8 Å². The number of hydrogen-bond donors (Lipinski definition) is 0. The second-order valence-corrected chi connectivity index (χ2v) is 12.2. The first kappa shape index (κ1) is 28.8. The molecule has 0 amide bonds. The highest BCUT2D eigenvalue weighted by molar-refractivity contribution is 6.11. The van der Waals surface area contributed by atoms with Gasteiger partial charge in [-0.3, -0.25) is 0 Å². The van der Waals surface area contributed by atoms with Crippen molar-refractivity contribution in [2.75, 3.05) is 0 Å². The molecular formula is C45H25N5. The van der Waals surface area contributed by atoms with Crippen LogP contribution in [0.2, 0.25) is 0 Å². The van der Waals surface area contributed by atoms with Crippen molar-refractivity contribution >= 4 is 43.6 Å². The van der Waals surface area contributed by atoms with Crippen LogP contribution >= 0.6 is 0 Å². The van der Waals surface area contributed by atoms with Crippen LogP contribution in [0.3, 0.4) is 0 Å². The van der Waals surface area contributed by atoms with E-state index in [1.165, 1.54) is 0 Å². The van der Waals surface area contributed by atoms with Gasteiger partial charge in [0, 0.05) is 32.7 Å². The number of rotatable bonds is 4. The Morgan fingerprint density at radius 2 is 0.820 bits per heavy atom. The van der Waals surface area contributed by atoms with Gasteiger partial charge in [0.15, 0.2) is 0 Å². The fourth-order valence-corrected chi connectivity index (χ4v) is 7.57. The zero-order chi connectivity index (χ0) is 33.8. The predicted molar refractivity (Wildman–Crippen MR) is 200 cm³/mol. The van der Waals surface area contributed by atoms with E-state index in [-0.39, 0.29) is 0 Å². The second-order valence-electron chi connectivity index (χ2n) is 12.2. The van der Waals surface area contributed by atoms with Gasteiger partial charge in [0.2, 0.25) is 0 Å². The van der Waals surface area contributed by atoms with Crippen molar-refractivity contribution < 1.29 is 0 Å². The summed E-state index contributed by atoms with van der Waals surface area (Å²) in [6.07, 6.45) is 0. The summed E-state index contributed by atoms with van der Waals surface area (Å²) in [5.41, 5.74) is 10.4. The third-order valence-electron chi connectivity index (χ3n) is 9.68. The molecule has 0 bridgehead atoms. The van der Waals surface area contributed by atoms with Crippen LogP contribution in [0.15, 0.2) is 152 Å². The summed E-state index contributed by atoms with van der Waals surface area (Å²) in [5.74, 6) is 0. The molecule has 7 aromatic carbocycles. The maximum absolute atomic E-state index is 10.7. The Balaban J connectivity index is 1.29. The van der Waals surface area contributed by atoms with E-state index < -0.39 is 0 Å². The number of para-hydroxylation sites is 4. The molecule has 9 aromatic rings. The van der Waals surface area contributed by atoms with Gasteiger partial charge in [0.05, 0.1) is 56.2 Å². The summed E-state index contributed by atoms with van der Waals surface area (Å²) >= 11 is 0. The predicted octanol–water partition coefficient (Wildman–Crippen LogP) is 10.8. The Kier molecular flexibility index (Phi) is 6.56. The Labute approximate surface area is 287 Å². The van der Waals surface area contributed by atoms with Gasteiger partial charge in [-0.1, -0.05) is 103 Å². The van der Waals surface area contributed by atoms with Crippen molar-refractivity contribution in [3.05, 3.63) is 168 Å². The molecule has 2 heterocycles. The first-order valence-electron chi connectivity index (χ1n) is 16.3. The van der Waals surface area contributed by atoms with Gasteiger partial charge in [0.25, 0.3) is 0 Å². The molecule has 0 saturated heterocycles. The Hall–Kier alpha value is -7.39. The fraction of sp³-hybridized carbons (Fsp3) is 0. The minimum absolute atomic E-state index is 0.329. The molecule has 0 aliphatic heterocycles. The van der Waals surface area contributed by atoms with Crippen LogP contribution in [0.5, 0.6) is 0 Å². The number of nitriles is 3. The lowest BCUT2D eigenvalue weighted by Crippen LogP contribution is -2.02. The molecule has 0 radical (unpaired) electrons. The SMILES string of the molecule is N#Cc1ccc2c(c1)c1ccccc1n2-c1ccccc1-c1ccccc1-c1ccc(-n2c3ccccc3c3ccccc32)c(C#N)c1C#N. The Morgan fingerprint density at radius 1 is 0.340 bits per heavy atom. The van der Waals surface area contributed by atoms with Crippen LogP contribution in [0.4, 0.5) is 0 Å². The normalized spacial score (nSPS) is 11.1. The molecule has 2 aromatic heterocycles. The molecule has 0 saturated carbocycles. The topological polar surface area (TPSA) is 81.2 Å². The molecule has 230 valence electrons. The van der Waals surface area contributed by atoms with Gasteiger partial charge in [-0.25, -0.2) is 0 Å². The Morgan fingerprint density at radius 3 is 1.42 bits per heavy atom. The van der Waals surface area contributed by atoms with E-state index in [2.05, 4.69) is 81.9 Å². The number of nitrogens with zero attached hydrogens (tertiary/aromatic N) is 5. The molecule has 0 aliphatic carbocycles. The fourth-order valence-electron chi connectivity index (χ4n) is 7.57. The minimum atomic E-state index is 0.329. The molecule has 0 unspecified atom stereocenters. The zero-order valence-corrected chi connectivity index (χ0v) is 26.7. The van der Waals surface area contributed by atoms with Crippen molar-refractivity contribution in [3.8, 4) is 51.8 Å². The van der Waals surface area contributed by atoms with Crippen molar-refractivity contribution in [2.24, 2.45) is 0 Å².